The normalized spacial score (nSPS) is 19.1. The summed E-state index contributed by atoms with van der Waals surface area (Å²) >= 11 is 0. The molecule has 6 heteroatoms. The molecule has 1 fully saturated rings. The maximum absolute atomic E-state index is 5.43. The Morgan fingerprint density at radius 3 is 1.25 bits per heavy atom. The molecule has 2 aromatic rings. The van der Waals surface area contributed by atoms with E-state index in [4.69, 9.17) is 18.9 Å². The van der Waals surface area contributed by atoms with Crippen molar-refractivity contribution in [3.8, 4) is 23.0 Å². The quantitative estimate of drug-likeness (QED) is 0.679. The van der Waals surface area contributed by atoms with Crippen LogP contribution in [-0.2, 0) is 13.1 Å². The molecule has 0 saturated carbocycles. The second kappa shape index (κ2) is 9.66. The highest BCUT2D eigenvalue weighted by Crippen LogP contribution is 2.28. The summed E-state index contributed by atoms with van der Waals surface area (Å²) < 4.78 is 21.5. The van der Waals surface area contributed by atoms with Gasteiger partial charge in [0.05, 0.1) is 28.4 Å². The van der Waals surface area contributed by atoms with Crippen LogP contribution < -0.4 is 28.7 Å². The Kier molecular flexibility index (Phi) is 7.01. The fourth-order valence-corrected chi connectivity index (χ4v) is 3.87. The van der Waals surface area contributed by atoms with Gasteiger partial charge in [0.25, 0.3) is 0 Å². The van der Waals surface area contributed by atoms with E-state index in [0.29, 0.717) is 0 Å². The molecule has 152 valence electrons. The molecule has 2 N–H and O–H groups in total. The molecule has 28 heavy (non-hydrogen) atoms. The van der Waals surface area contributed by atoms with Gasteiger partial charge in [-0.15, -0.1) is 0 Å². The first-order valence-corrected chi connectivity index (χ1v) is 9.75. The second-order valence-corrected chi connectivity index (χ2v) is 7.23. The standard InChI is InChI=1S/C22H30N2O4/c1-25-19-7-5-17(13-21(19)27-3)15-23-9-11-24(12-10-23)16-18-6-8-20(26-2)22(14-18)28-4/h5-8,13-14H,9-12,15-16H2,1-4H3/p+2. The first-order chi connectivity index (χ1) is 13.7. The van der Waals surface area contributed by atoms with Gasteiger partial charge in [-0.05, 0) is 36.4 Å². The van der Waals surface area contributed by atoms with Crippen LogP contribution in [0.1, 0.15) is 11.1 Å². The minimum Gasteiger partial charge on any atom is -0.493 e. The summed E-state index contributed by atoms with van der Waals surface area (Å²) in [6.45, 7) is 6.69. The van der Waals surface area contributed by atoms with Gasteiger partial charge in [0.2, 0.25) is 0 Å². The molecule has 2 aromatic carbocycles. The van der Waals surface area contributed by atoms with E-state index in [1.807, 2.05) is 12.1 Å². The highest BCUT2D eigenvalue weighted by molar-refractivity contribution is 5.43. The molecule has 1 heterocycles. The number of ether oxygens (including phenoxy) is 4. The SMILES string of the molecule is COc1ccc(C[NH+]2CC[NH+](Cc3ccc(OC)c(OC)c3)CC2)cc1OC. The maximum Gasteiger partial charge on any atom is 0.161 e. The largest absolute Gasteiger partial charge is 0.493 e. The van der Waals surface area contributed by atoms with Crippen LogP contribution in [0.4, 0.5) is 0 Å². The number of nitrogens with one attached hydrogen (secondary N) is 2. The van der Waals surface area contributed by atoms with Gasteiger partial charge in [0.15, 0.2) is 23.0 Å². The average molecular weight is 389 g/mol. The van der Waals surface area contributed by atoms with Gasteiger partial charge in [-0.2, -0.15) is 0 Å². The molecule has 0 unspecified atom stereocenters. The van der Waals surface area contributed by atoms with Crippen LogP contribution in [0, 0.1) is 0 Å². The lowest BCUT2D eigenvalue weighted by Crippen LogP contribution is -3.27. The highest BCUT2D eigenvalue weighted by Gasteiger charge is 2.24. The molecule has 0 aliphatic carbocycles. The molecule has 0 atom stereocenters. The van der Waals surface area contributed by atoms with E-state index in [9.17, 15) is 0 Å². The van der Waals surface area contributed by atoms with Gasteiger partial charge >= 0.3 is 0 Å². The highest BCUT2D eigenvalue weighted by atomic mass is 16.5. The Balaban J connectivity index is 1.53. The Hall–Kier alpha value is -2.44. The van der Waals surface area contributed by atoms with Crippen LogP contribution in [0.2, 0.25) is 0 Å². The first kappa shape index (κ1) is 20.3. The van der Waals surface area contributed by atoms with Gasteiger partial charge in [0, 0.05) is 11.1 Å². The summed E-state index contributed by atoms with van der Waals surface area (Å²) in [5, 5.41) is 0. The number of methoxy groups -OCH3 is 4. The molecule has 0 spiro atoms. The van der Waals surface area contributed by atoms with Crippen LogP contribution in [0.5, 0.6) is 23.0 Å². The lowest BCUT2D eigenvalue weighted by Gasteiger charge is -2.30. The van der Waals surface area contributed by atoms with Crippen LogP contribution in [0.3, 0.4) is 0 Å². The van der Waals surface area contributed by atoms with E-state index in [0.717, 1.165) is 62.3 Å². The van der Waals surface area contributed by atoms with Crippen LogP contribution in [0.25, 0.3) is 0 Å². The van der Waals surface area contributed by atoms with Crippen molar-refractivity contribution in [2.24, 2.45) is 0 Å². The topological polar surface area (TPSA) is 45.8 Å². The van der Waals surface area contributed by atoms with Crippen LogP contribution in [0.15, 0.2) is 36.4 Å². The lowest BCUT2D eigenvalue weighted by atomic mass is 10.1. The first-order valence-electron chi connectivity index (χ1n) is 9.75. The van der Waals surface area contributed by atoms with Crippen molar-refractivity contribution >= 4 is 0 Å². The maximum atomic E-state index is 5.43. The molecule has 1 aliphatic rings. The Labute approximate surface area is 167 Å². The lowest BCUT2D eigenvalue weighted by molar-refractivity contribution is -1.02. The summed E-state index contributed by atoms with van der Waals surface area (Å²) in [7, 11) is 6.71. The second-order valence-electron chi connectivity index (χ2n) is 7.23. The third-order valence-corrected chi connectivity index (χ3v) is 5.47. The van der Waals surface area contributed by atoms with Crippen molar-refractivity contribution in [3.63, 3.8) is 0 Å². The predicted molar refractivity (Wildman–Crippen MR) is 108 cm³/mol. The van der Waals surface area contributed by atoms with Crippen molar-refractivity contribution in [2.75, 3.05) is 54.6 Å². The molecule has 0 bridgehead atoms. The van der Waals surface area contributed by atoms with Crippen LogP contribution >= 0.6 is 0 Å². The zero-order valence-corrected chi connectivity index (χ0v) is 17.3. The monoisotopic (exact) mass is 388 g/mol. The minimum atomic E-state index is 0.783. The zero-order chi connectivity index (χ0) is 19.9. The summed E-state index contributed by atoms with van der Waals surface area (Å²) in [6, 6.07) is 12.4. The van der Waals surface area contributed by atoms with Gasteiger partial charge < -0.3 is 28.7 Å². The van der Waals surface area contributed by atoms with E-state index in [1.165, 1.54) is 11.1 Å². The molecule has 1 saturated heterocycles. The molecule has 0 radical (unpaired) electrons. The van der Waals surface area contributed by atoms with Gasteiger partial charge in [-0.25, -0.2) is 0 Å². The van der Waals surface area contributed by atoms with E-state index in [-0.39, 0.29) is 0 Å². The smallest absolute Gasteiger partial charge is 0.161 e. The van der Waals surface area contributed by atoms with Gasteiger partial charge in [0.1, 0.15) is 39.3 Å². The fraction of sp³-hybridized carbons (Fsp3) is 0.455. The predicted octanol–water partition coefficient (Wildman–Crippen LogP) is 0.205. The molecule has 1 aliphatic heterocycles. The summed E-state index contributed by atoms with van der Waals surface area (Å²) in [6.07, 6.45) is 0. The molecule has 3 rings (SSSR count). The number of quaternary nitrogens is 2. The van der Waals surface area contributed by atoms with Crippen LogP contribution in [-0.4, -0.2) is 54.6 Å². The van der Waals surface area contributed by atoms with E-state index in [2.05, 4.69) is 24.3 Å². The third kappa shape index (κ3) is 4.88. The van der Waals surface area contributed by atoms with E-state index < -0.39 is 0 Å². The van der Waals surface area contributed by atoms with Crippen molar-refractivity contribution in [1.82, 2.24) is 0 Å². The Morgan fingerprint density at radius 1 is 0.571 bits per heavy atom. The fourth-order valence-electron chi connectivity index (χ4n) is 3.87. The Bertz CT molecular complexity index is 708. The number of hydrogen-bond donors (Lipinski definition) is 2. The number of hydrogen-bond acceptors (Lipinski definition) is 4. The molecule has 0 amide bonds. The summed E-state index contributed by atoms with van der Waals surface area (Å²) in [5.74, 6) is 3.17. The Morgan fingerprint density at radius 2 is 0.929 bits per heavy atom. The zero-order valence-electron chi connectivity index (χ0n) is 17.3. The van der Waals surface area contributed by atoms with Crippen molar-refractivity contribution < 1.29 is 28.7 Å². The van der Waals surface area contributed by atoms with Crippen molar-refractivity contribution in [1.29, 1.82) is 0 Å². The van der Waals surface area contributed by atoms with Gasteiger partial charge in [-0.3, -0.25) is 0 Å². The van der Waals surface area contributed by atoms with E-state index in [1.54, 1.807) is 38.2 Å². The van der Waals surface area contributed by atoms with Crippen molar-refractivity contribution in [2.45, 2.75) is 13.1 Å². The number of rotatable bonds is 8. The molecule has 0 aromatic heterocycles. The molecular formula is C22H32N2O4+2. The molecule has 6 nitrogen and oxygen atoms in total. The average Bonchev–Trinajstić information content (AvgIpc) is 2.74. The van der Waals surface area contributed by atoms with Crippen molar-refractivity contribution in [3.05, 3.63) is 47.5 Å². The summed E-state index contributed by atoms with van der Waals surface area (Å²) in [5.41, 5.74) is 2.58. The number of piperazine rings is 1. The third-order valence-electron chi connectivity index (χ3n) is 5.47. The summed E-state index contributed by atoms with van der Waals surface area (Å²) in [4.78, 5) is 3.23. The number of benzene rings is 2. The minimum absolute atomic E-state index is 0.783. The molecular weight excluding hydrogens is 356 g/mol. The van der Waals surface area contributed by atoms with E-state index >= 15 is 0 Å². The van der Waals surface area contributed by atoms with Gasteiger partial charge in [-0.1, -0.05) is 0 Å².